The van der Waals surface area contributed by atoms with Gasteiger partial charge >= 0.3 is 0 Å². The Labute approximate surface area is 101 Å². The molecule has 90 valence electrons. The van der Waals surface area contributed by atoms with Crippen molar-refractivity contribution in [1.82, 2.24) is 5.32 Å². The Hall–Kier alpha value is -0.640. The summed E-state index contributed by atoms with van der Waals surface area (Å²) in [6.45, 7) is 0.717. The van der Waals surface area contributed by atoms with Crippen molar-refractivity contribution >= 4 is 11.6 Å². The van der Waals surface area contributed by atoms with E-state index in [0.29, 0.717) is 6.61 Å². The Morgan fingerprint density at radius 3 is 2.81 bits per heavy atom. The fourth-order valence-electron chi connectivity index (χ4n) is 1.64. The monoisotopic (exact) mass is 245 g/mol. The average Bonchev–Trinajstić information content (AvgIpc) is 2.29. The molecule has 2 nitrogen and oxygen atoms in total. The average molecular weight is 246 g/mol. The Kier molecular flexibility index (Phi) is 5.74. The highest BCUT2D eigenvalue weighted by Gasteiger charge is 2.10. The van der Waals surface area contributed by atoms with Crippen LogP contribution in [-0.2, 0) is 4.74 Å². The van der Waals surface area contributed by atoms with Crippen LogP contribution >= 0.6 is 11.6 Å². The molecule has 0 spiro atoms. The van der Waals surface area contributed by atoms with E-state index < -0.39 is 0 Å². The second-order valence-corrected chi connectivity index (χ2v) is 4.06. The molecule has 1 atom stereocenters. The van der Waals surface area contributed by atoms with E-state index in [9.17, 15) is 4.39 Å². The zero-order valence-electron chi connectivity index (χ0n) is 9.59. The van der Waals surface area contributed by atoms with Gasteiger partial charge in [0.05, 0.1) is 5.02 Å². The van der Waals surface area contributed by atoms with Gasteiger partial charge in [-0.3, -0.25) is 0 Å². The molecule has 1 aromatic carbocycles. The Morgan fingerprint density at radius 1 is 1.50 bits per heavy atom. The van der Waals surface area contributed by atoms with Crippen molar-refractivity contribution in [1.29, 1.82) is 0 Å². The van der Waals surface area contributed by atoms with Crippen molar-refractivity contribution in [3.05, 3.63) is 34.6 Å². The Morgan fingerprint density at radius 2 is 2.25 bits per heavy atom. The van der Waals surface area contributed by atoms with Crippen LogP contribution in [0.5, 0.6) is 0 Å². The number of hydrogen-bond donors (Lipinski definition) is 1. The molecule has 0 aliphatic heterocycles. The topological polar surface area (TPSA) is 21.3 Å². The van der Waals surface area contributed by atoms with Gasteiger partial charge in [-0.05, 0) is 37.6 Å². The summed E-state index contributed by atoms with van der Waals surface area (Å²) >= 11 is 5.64. The lowest BCUT2D eigenvalue weighted by Gasteiger charge is -2.16. The van der Waals surface area contributed by atoms with Crippen molar-refractivity contribution < 1.29 is 9.13 Å². The van der Waals surface area contributed by atoms with Gasteiger partial charge in [0.25, 0.3) is 0 Å². The highest BCUT2D eigenvalue weighted by Crippen LogP contribution is 2.22. The van der Waals surface area contributed by atoms with Crippen LogP contribution in [0.4, 0.5) is 4.39 Å². The Balaban J connectivity index is 2.67. The van der Waals surface area contributed by atoms with E-state index in [1.807, 2.05) is 13.1 Å². The van der Waals surface area contributed by atoms with Gasteiger partial charge in [-0.15, -0.1) is 0 Å². The lowest BCUT2D eigenvalue weighted by Crippen LogP contribution is -2.17. The van der Waals surface area contributed by atoms with Gasteiger partial charge in [0.2, 0.25) is 0 Å². The van der Waals surface area contributed by atoms with Crippen LogP contribution in [0.3, 0.4) is 0 Å². The van der Waals surface area contributed by atoms with E-state index in [4.69, 9.17) is 16.3 Å². The molecule has 1 aromatic rings. The molecule has 1 rings (SSSR count). The standard InChI is InChI=1S/C12H17ClFNO/c1-15-12(4-3-7-16-2)9-5-6-10(13)11(14)8-9/h5-6,8,12,15H,3-4,7H2,1-2H3. The van der Waals surface area contributed by atoms with E-state index >= 15 is 0 Å². The zero-order chi connectivity index (χ0) is 12.0. The summed E-state index contributed by atoms with van der Waals surface area (Å²) in [4.78, 5) is 0. The van der Waals surface area contributed by atoms with Gasteiger partial charge in [-0.25, -0.2) is 4.39 Å². The van der Waals surface area contributed by atoms with E-state index in [0.717, 1.165) is 18.4 Å². The van der Waals surface area contributed by atoms with Gasteiger partial charge in [-0.2, -0.15) is 0 Å². The minimum atomic E-state index is -0.369. The van der Waals surface area contributed by atoms with E-state index in [2.05, 4.69) is 5.32 Å². The maximum absolute atomic E-state index is 13.3. The first-order chi connectivity index (χ1) is 7.69. The number of hydrogen-bond acceptors (Lipinski definition) is 2. The third-order valence-electron chi connectivity index (χ3n) is 2.54. The van der Waals surface area contributed by atoms with E-state index in [1.54, 1.807) is 13.2 Å². The second-order valence-electron chi connectivity index (χ2n) is 3.65. The van der Waals surface area contributed by atoms with Crippen LogP contribution in [-0.4, -0.2) is 20.8 Å². The number of benzene rings is 1. The van der Waals surface area contributed by atoms with E-state index in [-0.39, 0.29) is 16.9 Å². The van der Waals surface area contributed by atoms with Crippen molar-refractivity contribution in [3.8, 4) is 0 Å². The highest BCUT2D eigenvalue weighted by molar-refractivity contribution is 6.30. The molecular weight excluding hydrogens is 229 g/mol. The smallest absolute Gasteiger partial charge is 0.142 e. The Bertz CT molecular complexity index is 333. The third-order valence-corrected chi connectivity index (χ3v) is 2.84. The lowest BCUT2D eigenvalue weighted by atomic mass is 10.0. The molecule has 0 radical (unpaired) electrons. The number of ether oxygens (including phenoxy) is 1. The molecule has 4 heteroatoms. The number of nitrogens with one attached hydrogen (secondary N) is 1. The van der Waals surface area contributed by atoms with Crippen LogP contribution in [0.1, 0.15) is 24.4 Å². The van der Waals surface area contributed by atoms with Crippen LogP contribution in [0, 0.1) is 5.82 Å². The molecule has 0 heterocycles. The highest BCUT2D eigenvalue weighted by atomic mass is 35.5. The number of methoxy groups -OCH3 is 1. The molecule has 0 fully saturated rings. The molecule has 0 aliphatic carbocycles. The fraction of sp³-hybridized carbons (Fsp3) is 0.500. The van der Waals surface area contributed by atoms with Crippen LogP contribution in [0.25, 0.3) is 0 Å². The van der Waals surface area contributed by atoms with Crippen LogP contribution in [0.15, 0.2) is 18.2 Å². The van der Waals surface area contributed by atoms with Crippen molar-refractivity contribution in [2.24, 2.45) is 0 Å². The van der Waals surface area contributed by atoms with Crippen molar-refractivity contribution in [2.45, 2.75) is 18.9 Å². The molecular formula is C12H17ClFNO. The zero-order valence-corrected chi connectivity index (χ0v) is 10.4. The minimum Gasteiger partial charge on any atom is -0.385 e. The first-order valence-corrected chi connectivity index (χ1v) is 5.68. The summed E-state index contributed by atoms with van der Waals surface area (Å²) in [5.41, 5.74) is 0.917. The number of rotatable bonds is 6. The fourth-order valence-corrected chi connectivity index (χ4v) is 1.76. The molecule has 1 unspecified atom stereocenters. The van der Waals surface area contributed by atoms with Gasteiger partial charge in [0.1, 0.15) is 5.82 Å². The van der Waals surface area contributed by atoms with Crippen molar-refractivity contribution in [2.75, 3.05) is 20.8 Å². The second kappa shape index (κ2) is 6.84. The maximum atomic E-state index is 13.3. The maximum Gasteiger partial charge on any atom is 0.142 e. The molecule has 0 aliphatic rings. The molecule has 0 bridgehead atoms. The first-order valence-electron chi connectivity index (χ1n) is 5.30. The lowest BCUT2D eigenvalue weighted by molar-refractivity contribution is 0.189. The van der Waals surface area contributed by atoms with Gasteiger partial charge in [0.15, 0.2) is 0 Å². The minimum absolute atomic E-state index is 0.141. The molecule has 0 aromatic heterocycles. The predicted octanol–water partition coefficient (Wildman–Crippen LogP) is 3.17. The van der Waals surface area contributed by atoms with Gasteiger partial charge < -0.3 is 10.1 Å². The summed E-state index contributed by atoms with van der Waals surface area (Å²) in [6.07, 6.45) is 1.84. The summed E-state index contributed by atoms with van der Waals surface area (Å²) in [7, 11) is 3.54. The summed E-state index contributed by atoms with van der Waals surface area (Å²) in [6, 6.07) is 5.06. The molecule has 16 heavy (non-hydrogen) atoms. The molecule has 0 saturated heterocycles. The molecule has 0 amide bonds. The largest absolute Gasteiger partial charge is 0.385 e. The van der Waals surface area contributed by atoms with Crippen LogP contribution < -0.4 is 5.32 Å². The van der Waals surface area contributed by atoms with Crippen LogP contribution in [0.2, 0.25) is 5.02 Å². The summed E-state index contributed by atoms with van der Waals surface area (Å²) in [5, 5.41) is 3.32. The first kappa shape index (κ1) is 13.4. The third kappa shape index (κ3) is 3.74. The summed E-state index contributed by atoms with van der Waals surface area (Å²) < 4.78 is 18.3. The predicted molar refractivity (Wildman–Crippen MR) is 64.3 cm³/mol. The van der Waals surface area contributed by atoms with Gasteiger partial charge in [-0.1, -0.05) is 17.7 Å². The molecule has 1 N–H and O–H groups in total. The number of halogens is 2. The molecule has 0 saturated carbocycles. The SMILES string of the molecule is CNC(CCCOC)c1ccc(Cl)c(F)c1. The van der Waals surface area contributed by atoms with Crippen molar-refractivity contribution in [3.63, 3.8) is 0 Å². The van der Waals surface area contributed by atoms with E-state index in [1.165, 1.54) is 6.07 Å². The summed E-state index contributed by atoms with van der Waals surface area (Å²) in [5.74, 6) is -0.369. The van der Waals surface area contributed by atoms with Gasteiger partial charge in [0, 0.05) is 19.8 Å². The normalized spacial score (nSPS) is 12.8. The quantitative estimate of drug-likeness (QED) is 0.778.